The third kappa shape index (κ3) is 2.60. The van der Waals surface area contributed by atoms with Crippen LogP contribution in [-0.2, 0) is 4.79 Å². The topological polar surface area (TPSA) is 52.9 Å². The molecule has 1 aromatic rings. The van der Waals surface area contributed by atoms with Crippen LogP contribution in [0.15, 0.2) is 30.3 Å². The van der Waals surface area contributed by atoms with E-state index in [9.17, 15) is 4.79 Å². The molecular weight excluding hydrogens is 176 g/mol. The van der Waals surface area contributed by atoms with Gasteiger partial charge < -0.3 is 5.32 Å². The first kappa shape index (κ1) is 10.3. The molecule has 1 N–H and O–H groups in total. The summed E-state index contributed by atoms with van der Waals surface area (Å²) >= 11 is 0. The molecule has 0 saturated carbocycles. The first-order chi connectivity index (χ1) is 6.77. The lowest BCUT2D eigenvalue weighted by Gasteiger charge is -2.07. The van der Waals surface area contributed by atoms with Crippen LogP contribution < -0.4 is 5.32 Å². The van der Waals surface area contributed by atoms with Gasteiger partial charge in [0.25, 0.3) is 0 Å². The van der Waals surface area contributed by atoms with E-state index in [0.717, 1.165) is 5.56 Å². The minimum absolute atomic E-state index is 0.111. The van der Waals surface area contributed by atoms with E-state index in [1.54, 1.807) is 7.05 Å². The summed E-state index contributed by atoms with van der Waals surface area (Å²) in [6.45, 7) is 0. The van der Waals surface area contributed by atoms with Crippen LogP contribution in [0.25, 0.3) is 0 Å². The fourth-order valence-electron chi connectivity index (χ4n) is 1.21. The van der Waals surface area contributed by atoms with Crippen molar-refractivity contribution in [3.8, 4) is 6.07 Å². The molecule has 0 aliphatic carbocycles. The highest BCUT2D eigenvalue weighted by Gasteiger charge is 2.13. The van der Waals surface area contributed by atoms with E-state index in [2.05, 4.69) is 11.4 Å². The summed E-state index contributed by atoms with van der Waals surface area (Å²) < 4.78 is 0. The van der Waals surface area contributed by atoms with Gasteiger partial charge in [-0.25, -0.2) is 0 Å². The summed E-state index contributed by atoms with van der Waals surface area (Å²) in [5, 5.41) is 11.4. The summed E-state index contributed by atoms with van der Waals surface area (Å²) in [4.78, 5) is 11.1. The van der Waals surface area contributed by atoms with Gasteiger partial charge in [0.05, 0.1) is 12.0 Å². The molecule has 0 heterocycles. The molecule has 0 aromatic heterocycles. The van der Waals surface area contributed by atoms with E-state index in [1.807, 2.05) is 30.3 Å². The predicted molar refractivity (Wildman–Crippen MR) is 53.5 cm³/mol. The van der Waals surface area contributed by atoms with Crippen molar-refractivity contribution in [3.63, 3.8) is 0 Å². The second kappa shape index (κ2) is 5.03. The number of hydrogen-bond acceptors (Lipinski definition) is 2. The van der Waals surface area contributed by atoms with E-state index >= 15 is 0 Å². The third-order valence-electron chi connectivity index (χ3n) is 2.03. The van der Waals surface area contributed by atoms with E-state index < -0.39 is 0 Å². The lowest BCUT2D eigenvalue weighted by molar-refractivity contribution is -0.120. The third-order valence-corrected chi connectivity index (χ3v) is 2.03. The molecule has 3 heteroatoms. The molecule has 1 amide bonds. The molecule has 0 bridgehead atoms. The van der Waals surface area contributed by atoms with Gasteiger partial charge in [-0.05, 0) is 5.56 Å². The molecule has 72 valence electrons. The minimum atomic E-state index is -0.351. The molecule has 3 nitrogen and oxygen atoms in total. The average molecular weight is 188 g/mol. The highest BCUT2D eigenvalue weighted by Crippen LogP contribution is 2.17. The molecule has 1 aromatic carbocycles. The molecule has 0 aliphatic heterocycles. The Morgan fingerprint density at radius 1 is 1.50 bits per heavy atom. The fourth-order valence-corrected chi connectivity index (χ4v) is 1.21. The monoisotopic (exact) mass is 188 g/mol. The molecule has 0 aliphatic rings. The van der Waals surface area contributed by atoms with Gasteiger partial charge in [0.1, 0.15) is 0 Å². The normalized spacial score (nSPS) is 11.4. The Morgan fingerprint density at radius 3 is 2.64 bits per heavy atom. The van der Waals surface area contributed by atoms with E-state index in [0.29, 0.717) is 0 Å². The van der Waals surface area contributed by atoms with Crippen LogP contribution in [-0.4, -0.2) is 13.0 Å². The van der Waals surface area contributed by atoms with Crippen LogP contribution >= 0.6 is 0 Å². The summed E-state index contributed by atoms with van der Waals surface area (Å²) in [7, 11) is 1.57. The Kier molecular flexibility index (Phi) is 3.69. The van der Waals surface area contributed by atoms with Gasteiger partial charge in [0.15, 0.2) is 0 Å². The number of carbonyl (C=O) groups excluding carboxylic acids is 1. The van der Waals surface area contributed by atoms with Gasteiger partial charge in [0.2, 0.25) is 5.91 Å². The molecule has 0 fully saturated rings. The van der Waals surface area contributed by atoms with Gasteiger partial charge in [0, 0.05) is 13.5 Å². The van der Waals surface area contributed by atoms with Crippen molar-refractivity contribution in [2.45, 2.75) is 12.3 Å². The summed E-state index contributed by atoms with van der Waals surface area (Å²) in [5.41, 5.74) is 0.888. The molecule has 0 spiro atoms. The van der Waals surface area contributed by atoms with Crippen LogP contribution in [0.3, 0.4) is 0 Å². The second-order valence-electron chi connectivity index (χ2n) is 2.97. The zero-order chi connectivity index (χ0) is 10.4. The smallest absolute Gasteiger partial charge is 0.221 e. The molecule has 1 atom stereocenters. The number of benzene rings is 1. The van der Waals surface area contributed by atoms with Crippen molar-refractivity contribution in [1.29, 1.82) is 5.26 Å². The van der Waals surface area contributed by atoms with Crippen molar-refractivity contribution in [3.05, 3.63) is 35.9 Å². The van der Waals surface area contributed by atoms with Gasteiger partial charge in [-0.1, -0.05) is 30.3 Å². The van der Waals surface area contributed by atoms with Crippen molar-refractivity contribution < 1.29 is 4.79 Å². The molecular formula is C11H12N2O. The number of rotatable bonds is 3. The van der Waals surface area contributed by atoms with Crippen LogP contribution in [0.1, 0.15) is 17.9 Å². The van der Waals surface area contributed by atoms with E-state index in [-0.39, 0.29) is 18.2 Å². The lowest BCUT2D eigenvalue weighted by Crippen LogP contribution is -2.19. The summed E-state index contributed by atoms with van der Waals surface area (Å²) in [5.74, 6) is -0.462. The summed E-state index contributed by atoms with van der Waals surface area (Å²) in [6, 6.07) is 11.5. The Hall–Kier alpha value is -1.82. The van der Waals surface area contributed by atoms with E-state index in [4.69, 9.17) is 5.26 Å². The summed E-state index contributed by atoms with van der Waals surface area (Å²) in [6.07, 6.45) is 0.219. The van der Waals surface area contributed by atoms with Crippen LogP contribution in [0.2, 0.25) is 0 Å². The predicted octanol–water partition coefficient (Wildman–Crippen LogP) is 1.43. The van der Waals surface area contributed by atoms with Crippen LogP contribution in [0, 0.1) is 11.3 Å². The first-order valence-electron chi connectivity index (χ1n) is 4.43. The Bertz CT molecular complexity index is 340. The SMILES string of the molecule is CNC(=O)CC(C#N)c1ccccc1. The highest BCUT2D eigenvalue weighted by molar-refractivity contribution is 5.77. The number of nitriles is 1. The van der Waals surface area contributed by atoms with Crippen molar-refractivity contribution in [2.75, 3.05) is 7.05 Å². The maximum atomic E-state index is 11.1. The lowest BCUT2D eigenvalue weighted by atomic mass is 9.97. The first-order valence-corrected chi connectivity index (χ1v) is 4.43. The van der Waals surface area contributed by atoms with Gasteiger partial charge in [-0.2, -0.15) is 5.26 Å². The Morgan fingerprint density at radius 2 is 2.14 bits per heavy atom. The maximum Gasteiger partial charge on any atom is 0.221 e. The molecule has 0 saturated heterocycles. The van der Waals surface area contributed by atoms with Crippen molar-refractivity contribution in [1.82, 2.24) is 5.32 Å². The standard InChI is InChI=1S/C11H12N2O/c1-13-11(14)7-10(8-12)9-5-3-2-4-6-9/h2-6,10H,7H2,1H3,(H,13,14). The number of nitrogens with zero attached hydrogens (tertiary/aromatic N) is 1. The zero-order valence-corrected chi connectivity index (χ0v) is 8.03. The molecule has 0 radical (unpaired) electrons. The van der Waals surface area contributed by atoms with Gasteiger partial charge >= 0.3 is 0 Å². The van der Waals surface area contributed by atoms with Gasteiger partial charge in [-0.3, -0.25) is 4.79 Å². The molecule has 1 rings (SSSR count). The zero-order valence-electron chi connectivity index (χ0n) is 8.03. The number of amides is 1. The Balaban J connectivity index is 2.74. The van der Waals surface area contributed by atoms with E-state index in [1.165, 1.54) is 0 Å². The largest absolute Gasteiger partial charge is 0.359 e. The molecule has 1 unspecified atom stereocenters. The number of hydrogen-bond donors (Lipinski definition) is 1. The maximum absolute atomic E-state index is 11.1. The van der Waals surface area contributed by atoms with Crippen molar-refractivity contribution in [2.24, 2.45) is 0 Å². The number of nitrogens with one attached hydrogen (secondary N) is 1. The van der Waals surface area contributed by atoms with Crippen LogP contribution in [0.4, 0.5) is 0 Å². The second-order valence-corrected chi connectivity index (χ2v) is 2.97. The minimum Gasteiger partial charge on any atom is -0.359 e. The van der Waals surface area contributed by atoms with Gasteiger partial charge in [-0.15, -0.1) is 0 Å². The van der Waals surface area contributed by atoms with Crippen molar-refractivity contribution >= 4 is 5.91 Å². The number of carbonyl (C=O) groups is 1. The molecule has 14 heavy (non-hydrogen) atoms. The van der Waals surface area contributed by atoms with Crippen LogP contribution in [0.5, 0.6) is 0 Å². The fraction of sp³-hybridized carbons (Fsp3) is 0.273. The average Bonchev–Trinajstić information content (AvgIpc) is 2.26. The Labute approximate surface area is 83.4 Å². The quantitative estimate of drug-likeness (QED) is 0.780. The highest BCUT2D eigenvalue weighted by atomic mass is 16.1.